The van der Waals surface area contributed by atoms with E-state index in [1.165, 1.54) is 42.5 Å². The van der Waals surface area contributed by atoms with Gasteiger partial charge >= 0.3 is 0 Å². The minimum Gasteiger partial charge on any atom is -0.390 e. The molecule has 1 aliphatic carbocycles. The Labute approximate surface area is 153 Å². The fourth-order valence-corrected chi connectivity index (χ4v) is 3.81. The molecule has 2 radical (unpaired) electrons. The molecular formula is C21H29BN2O. The Balaban J connectivity index is 1.69. The molecule has 4 heteroatoms. The summed E-state index contributed by atoms with van der Waals surface area (Å²) in [7, 11) is 6.00. The summed E-state index contributed by atoms with van der Waals surface area (Å²) in [6, 6.07) is 6.68. The standard InChI is InChI=1S/C21H29BN2O/c1-16-5-4-12-24(15-20(25)14-23-19-6-2-3-7-19)21-11-10-18(22)13-17(21)9-8-16/h4-5,8,10-11,13,19-20,23,25H,2-3,6-7,9,12,14-15H2,1H3. The van der Waals surface area contributed by atoms with Gasteiger partial charge in [0, 0.05) is 31.4 Å². The molecular weight excluding hydrogens is 307 g/mol. The van der Waals surface area contributed by atoms with Crippen molar-refractivity contribution in [2.24, 2.45) is 0 Å². The molecule has 2 N–H and O–H groups in total. The highest BCUT2D eigenvalue weighted by molar-refractivity contribution is 6.32. The Morgan fingerprint density at radius 1 is 1.32 bits per heavy atom. The molecule has 1 aromatic rings. The molecule has 0 spiro atoms. The molecule has 0 bridgehead atoms. The van der Waals surface area contributed by atoms with Crippen molar-refractivity contribution >= 4 is 19.0 Å². The van der Waals surface area contributed by atoms with E-state index >= 15 is 0 Å². The van der Waals surface area contributed by atoms with E-state index < -0.39 is 0 Å². The summed E-state index contributed by atoms with van der Waals surface area (Å²) in [6.45, 7) is 4.20. The van der Waals surface area contributed by atoms with E-state index in [4.69, 9.17) is 7.85 Å². The van der Waals surface area contributed by atoms with Crippen LogP contribution in [0.25, 0.3) is 0 Å². The van der Waals surface area contributed by atoms with Crippen molar-refractivity contribution in [2.45, 2.75) is 51.2 Å². The van der Waals surface area contributed by atoms with Gasteiger partial charge in [-0.15, -0.1) is 0 Å². The van der Waals surface area contributed by atoms with Crippen molar-refractivity contribution in [1.29, 1.82) is 0 Å². The fourth-order valence-electron chi connectivity index (χ4n) is 3.81. The molecule has 1 saturated carbocycles. The number of nitrogens with one attached hydrogen (secondary N) is 1. The molecule has 0 saturated heterocycles. The molecule has 25 heavy (non-hydrogen) atoms. The third kappa shape index (κ3) is 5.23. The monoisotopic (exact) mass is 336 g/mol. The number of hydrogen-bond donors (Lipinski definition) is 2. The maximum absolute atomic E-state index is 10.6. The van der Waals surface area contributed by atoms with Crippen LogP contribution in [0.15, 0.2) is 42.0 Å². The number of fused-ring (bicyclic) bond motifs is 1. The highest BCUT2D eigenvalue weighted by Crippen LogP contribution is 2.23. The average molecular weight is 336 g/mol. The zero-order chi connectivity index (χ0) is 17.6. The van der Waals surface area contributed by atoms with Crippen LogP contribution in [0.1, 0.15) is 38.2 Å². The molecule has 132 valence electrons. The first-order chi connectivity index (χ1) is 12.1. The quantitative estimate of drug-likeness (QED) is 0.810. The lowest BCUT2D eigenvalue weighted by Gasteiger charge is -2.29. The summed E-state index contributed by atoms with van der Waals surface area (Å²) in [5.41, 5.74) is 4.45. The second-order valence-corrected chi connectivity index (χ2v) is 7.39. The van der Waals surface area contributed by atoms with Crippen LogP contribution < -0.4 is 15.7 Å². The van der Waals surface area contributed by atoms with Gasteiger partial charge in [-0.25, -0.2) is 0 Å². The number of β-amino-alcohol motifs (C(OH)–C–C–N with tert-alkyl or cyclic N) is 1. The number of hydrogen-bond acceptors (Lipinski definition) is 3. The van der Waals surface area contributed by atoms with Gasteiger partial charge in [-0.3, -0.25) is 0 Å². The molecule has 0 amide bonds. The second-order valence-electron chi connectivity index (χ2n) is 7.39. The van der Waals surface area contributed by atoms with Gasteiger partial charge in [0.25, 0.3) is 0 Å². The van der Waals surface area contributed by atoms with Crippen LogP contribution in [0.4, 0.5) is 5.69 Å². The SMILES string of the molecule is [B]c1ccc2c(c1)CC=C(C)C=CCN2CC(O)CNC1CCCC1. The third-order valence-electron chi connectivity index (χ3n) is 5.22. The number of allylic oxidation sites excluding steroid dienone is 3. The van der Waals surface area contributed by atoms with Gasteiger partial charge in [0.2, 0.25) is 0 Å². The van der Waals surface area contributed by atoms with Crippen molar-refractivity contribution in [3.05, 3.63) is 47.6 Å². The van der Waals surface area contributed by atoms with Crippen molar-refractivity contribution in [3.63, 3.8) is 0 Å². The van der Waals surface area contributed by atoms with Gasteiger partial charge in [0.05, 0.1) is 6.10 Å². The first kappa shape index (κ1) is 18.3. The molecule has 1 fully saturated rings. The third-order valence-corrected chi connectivity index (χ3v) is 5.22. The van der Waals surface area contributed by atoms with Crippen LogP contribution in [0.2, 0.25) is 0 Å². The van der Waals surface area contributed by atoms with E-state index in [-0.39, 0.29) is 6.10 Å². The topological polar surface area (TPSA) is 35.5 Å². The fraction of sp³-hybridized carbons (Fsp3) is 0.524. The van der Waals surface area contributed by atoms with E-state index in [0.717, 1.165) is 18.4 Å². The average Bonchev–Trinajstić information content (AvgIpc) is 3.12. The molecule has 1 atom stereocenters. The van der Waals surface area contributed by atoms with E-state index in [2.05, 4.69) is 47.5 Å². The smallest absolute Gasteiger partial charge is 0.113 e. The predicted octanol–water partition coefficient (Wildman–Crippen LogP) is 2.24. The van der Waals surface area contributed by atoms with Gasteiger partial charge in [0.15, 0.2) is 0 Å². The minimum atomic E-state index is -0.380. The maximum atomic E-state index is 10.6. The number of benzene rings is 1. The largest absolute Gasteiger partial charge is 0.390 e. The Morgan fingerprint density at radius 3 is 2.92 bits per heavy atom. The van der Waals surface area contributed by atoms with E-state index in [1.54, 1.807) is 0 Å². The summed E-state index contributed by atoms with van der Waals surface area (Å²) < 4.78 is 0. The maximum Gasteiger partial charge on any atom is 0.113 e. The highest BCUT2D eigenvalue weighted by atomic mass is 16.3. The number of anilines is 1. The highest BCUT2D eigenvalue weighted by Gasteiger charge is 2.18. The van der Waals surface area contributed by atoms with Crippen LogP contribution in [0.3, 0.4) is 0 Å². The van der Waals surface area contributed by atoms with Crippen molar-refractivity contribution in [3.8, 4) is 0 Å². The number of aliphatic hydroxyl groups excluding tert-OH is 1. The lowest BCUT2D eigenvalue weighted by atomic mass is 9.92. The summed E-state index contributed by atoms with van der Waals surface area (Å²) in [4.78, 5) is 2.26. The summed E-state index contributed by atoms with van der Waals surface area (Å²) in [5.74, 6) is 0. The van der Waals surface area contributed by atoms with Crippen LogP contribution in [-0.2, 0) is 6.42 Å². The normalized spacial score (nSPS) is 19.8. The molecule has 2 aliphatic rings. The van der Waals surface area contributed by atoms with Crippen LogP contribution in [0.5, 0.6) is 0 Å². The Morgan fingerprint density at radius 2 is 2.12 bits per heavy atom. The molecule has 1 aromatic carbocycles. The summed E-state index contributed by atoms with van der Waals surface area (Å²) >= 11 is 0. The van der Waals surface area contributed by atoms with Crippen LogP contribution >= 0.6 is 0 Å². The first-order valence-corrected chi connectivity index (χ1v) is 9.50. The van der Waals surface area contributed by atoms with Gasteiger partial charge < -0.3 is 15.3 Å². The number of nitrogens with zero attached hydrogens (tertiary/aromatic N) is 1. The Kier molecular flexibility index (Phi) is 6.38. The lowest BCUT2D eigenvalue weighted by Crippen LogP contribution is -2.41. The first-order valence-electron chi connectivity index (χ1n) is 9.50. The predicted molar refractivity (Wildman–Crippen MR) is 107 cm³/mol. The lowest BCUT2D eigenvalue weighted by molar-refractivity contribution is 0.172. The van der Waals surface area contributed by atoms with Crippen molar-refractivity contribution < 1.29 is 5.11 Å². The van der Waals surface area contributed by atoms with Gasteiger partial charge in [-0.1, -0.05) is 54.2 Å². The van der Waals surface area contributed by atoms with Gasteiger partial charge in [-0.05, 0) is 37.8 Å². The zero-order valence-electron chi connectivity index (χ0n) is 15.2. The van der Waals surface area contributed by atoms with Crippen molar-refractivity contribution in [2.75, 3.05) is 24.5 Å². The zero-order valence-corrected chi connectivity index (χ0v) is 15.2. The Bertz CT molecular complexity index is 635. The molecule has 1 heterocycles. The van der Waals surface area contributed by atoms with E-state index in [1.807, 2.05) is 6.07 Å². The van der Waals surface area contributed by atoms with Crippen molar-refractivity contribution in [1.82, 2.24) is 5.32 Å². The van der Waals surface area contributed by atoms with Gasteiger partial charge in [-0.2, -0.15) is 0 Å². The summed E-state index contributed by atoms with van der Waals surface area (Å²) in [6.07, 6.45) is 12.2. The molecule has 3 rings (SSSR count). The second kappa shape index (κ2) is 8.73. The van der Waals surface area contributed by atoms with E-state index in [0.29, 0.717) is 19.1 Å². The van der Waals surface area contributed by atoms with Crippen LogP contribution in [0, 0.1) is 0 Å². The minimum absolute atomic E-state index is 0.380. The molecule has 1 unspecified atom stereocenters. The molecule has 3 nitrogen and oxygen atoms in total. The molecule has 0 aromatic heterocycles. The Hall–Kier alpha value is -1.52. The number of aliphatic hydroxyl groups is 1. The molecule has 1 aliphatic heterocycles. The van der Waals surface area contributed by atoms with E-state index in [9.17, 15) is 5.11 Å². The van der Waals surface area contributed by atoms with Crippen LogP contribution in [-0.4, -0.2) is 44.7 Å². The number of rotatable bonds is 5. The summed E-state index contributed by atoms with van der Waals surface area (Å²) in [5, 5.41) is 14.1. The van der Waals surface area contributed by atoms with Gasteiger partial charge in [0.1, 0.15) is 7.85 Å².